The standard InChI is InChI=1S/C13H15F2N3S/c1-2-6-16-7-5-12-17-18-13(19-12)10-8-9(14)3-4-11(10)15/h3-4,8,16H,2,5-7H2,1H3. The van der Waals surface area contributed by atoms with Crippen LogP contribution in [0.25, 0.3) is 10.6 Å². The molecule has 0 fully saturated rings. The number of nitrogens with zero attached hydrogens (tertiary/aromatic N) is 2. The summed E-state index contributed by atoms with van der Waals surface area (Å²) in [5.74, 6) is -0.953. The number of rotatable bonds is 6. The van der Waals surface area contributed by atoms with Crippen molar-refractivity contribution in [3.8, 4) is 10.6 Å². The van der Waals surface area contributed by atoms with E-state index >= 15 is 0 Å². The van der Waals surface area contributed by atoms with E-state index in [1.54, 1.807) is 0 Å². The maximum absolute atomic E-state index is 13.6. The third-order valence-corrected chi connectivity index (χ3v) is 3.58. The van der Waals surface area contributed by atoms with E-state index in [0.29, 0.717) is 5.01 Å². The van der Waals surface area contributed by atoms with Gasteiger partial charge in [0.05, 0.1) is 5.56 Å². The fraction of sp³-hybridized carbons (Fsp3) is 0.385. The highest BCUT2D eigenvalue weighted by molar-refractivity contribution is 7.14. The highest BCUT2D eigenvalue weighted by atomic mass is 32.1. The molecule has 0 aliphatic rings. The highest BCUT2D eigenvalue weighted by Crippen LogP contribution is 2.26. The van der Waals surface area contributed by atoms with Crippen molar-refractivity contribution in [3.63, 3.8) is 0 Å². The molecule has 102 valence electrons. The molecule has 6 heteroatoms. The molecule has 0 aliphatic heterocycles. The average molecular weight is 283 g/mol. The zero-order valence-corrected chi connectivity index (χ0v) is 11.4. The van der Waals surface area contributed by atoms with Crippen LogP contribution in [-0.4, -0.2) is 23.3 Å². The van der Waals surface area contributed by atoms with Gasteiger partial charge in [-0.2, -0.15) is 0 Å². The number of hydrogen-bond acceptors (Lipinski definition) is 4. The predicted octanol–water partition coefficient (Wildman–Crippen LogP) is 3.03. The van der Waals surface area contributed by atoms with Gasteiger partial charge in [-0.05, 0) is 31.2 Å². The Hall–Kier alpha value is -1.40. The van der Waals surface area contributed by atoms with Crippen LogP contribution in [0, 0.1) is 11.6 Å². The Labute approximate surface area is 114 Å². The van der Waals surface area contributed by atoms with Crippen LogP contribution in [-0.2, 0) is 6.42 Å². The molecule has 0 aliphatic carbocycles. The van der Waals surface area contributed by atoms with E-state index < -0.39 is 11.6 Å². The Kier molecular flexibility index (Phi) is 4.93. The summed E-state index contributed by atoms with van der Waals surface area (Å²) >= 11 is 1.30. The van der Waals surface area contributed by atoms with E-state index in [0.717, 1.165) is 49.1 Å². The molecule has 3 nitrogen and oxygen atoms in total. The minimum Gasteiger partial charge on any atom is -0.316 e. The summed E-state index contributed by atoms with van der Waals surface area (Å²) in [5, 5.41) is 12.4. The van der Waals surface area contributed by atoms with Gasteiger partial charge in [-0.1, -0.05) is 18.3 Å². The molecule has 19 heavy (non-hydrogen) atoms. The first-order valence-electron chi connectivity index (χ1n) is 6.19. The number of hydrogen-bond donors (Lipinski definition) is 1. The molecule has 1 N–H and O–H groups in total. The van der Waals surface area contributed by atoms with E-state index in [9.17, 15) is 8.78 Å². The first kappa shape index (κ1) is 14.0. The van der Waals surface area contributed by atoms with Crippen molar-refractivity contribution in [2.75, 3.05) is 13.1 Å². The monoisotopic (exact) mass is 283 g/mol. The van der Waals surface area contributed by atoms with E-state index in [2.05, 4.69) is 22.4 Å². The largest absolute Gasteiger partial charge is 0.316 e. The summed E-state index contributed by atoms with van der Waals surface area (Å²) in [6, 6.07) is 3.35. The van der Waals surface area contributed by atoms with Gasteiger partial charge in [-0.3, -0.25) is 0 Å². The molecule has 0 bridgehead atoms. The number of nitrogens with one attached hydrogen (secondary N) is 1. The van der Waals surface area contributed by atoms with Crippen LogP contribution < -0.4 is 5.32 Å². The summed E-state index contributed by atoms with van der Waals surface area (Å²) in [5.41, 5.74) is 0.172. The van der Waals surface area contributed by atoms with Gasteiger partial charge in [-0.15, -0.1) is 10.2 Å². The van der Waals surface area contributed by atoms with Crippen LogP contribution in [0.3, 0.4) is 0 Å². The van der Waals surface area contributed by atoms with Crippen molar-refractivity contribution >= 4 is 11.3 Å². The van der Waals surface area contributed by atoms with Crippen molar-refractivity contribution in [3.05, 3.63) is 34.8 Å². The van der Waals surface area contributed by atoms with Crippen LogP contribution >= 0.6 is 11.3 Å². The van der Waals surface area contributed by atoms with Crippen LogP contribution in [0.4, 0.5) is 8.78 Å². The molecule has 0 amide bonds. The van der Waals surface area contributed by atoms with E-state index in [4.69, 9.17) is 0 Å². The molecule has 0 unspecified atom stereocenters. The molecule has 0 saturated carbocycles. The summed E-state index contributed by atoms with van der Waals surface area (Å²) in [7, 11) is 0. The van der Waals surface area contributed by atoms with Crippen molar-refractivity contribution in [2.45, 2.75) is 19.8 Å². The lowest BCUT2D eigenvalue weighted by Crippen LogP contribution is -2.17. The van der Waals surface area contributed by atoms with Gasteiger partial charge in [0.15, 0.2) is 5.01 Å². The van der Waals surface area contributed by atoms with Crippen molar-refractivity contribution in [2.24, 2.45) is 0 Å². The van der Waals surface area contributed by atoms with Gasteiger partial charge < -0.3 is 5.32 Å². The van der Waals surface area contributed by atoms with Crippen molar-refractivity contribution in [1.29, 1.82) is 0 Å². The fourth-order valence-corrected chi connectivity index (χ4v) is 2.48. The first-order valence-corrected chi connectivity index (χ1v) is 7.01. The molecule has 2 aromatic rings. The lowest BCUT2D eigenvalue weighted by Gasteiger charge is -1.99. The Morgan fingerprint density at radius 2 is 2.05 bits per heavy atom. The van der Waals surface area contributed by atoms with Crippen LogP contribution in [0.15, 0.2) is 18.2 Å². The predicted molar refractivity (Wildman–Crippen MR) is 72.1 cm³/mol. The smallest absolute Gasteiger partial charge is 0.150 e. The lowest BCUT2D eigenvalue weighted by molar-refractivity contribution is 0.603. The number of benzene rings is 1. The van der Waals surface area contributed by atoms with Gasteiger partial charge in [0.2, 0.25) is 0 Å². The van der Waals surface area contributed by atoms with Gasteiger partial charge in [0.25, 0.3) is 0 Å². The molecule has 0 radical (unpaired) electrons. The van der Waals surface area contributed by atoms with Crippen LogP contribution in [0.2, 0.25) is 0 Å². The number of halogens is 2. The second kappa shape index (κ2) is 6.68. The minimum absolute atomic E-state index is 0.172. The molecule has 1 aromatic carbocycles. The zero-order valence-electron chi connectivity index (χ0n) is 10.6. The van der Waals surface area contributed by atoms with Gasteiger partial charge in [-0.25, -0.2) is 8.78 Å². The third kappa shape index (κ3) is 3.78. The summed E-state index contributed by atoms with van der Waals surface area (Å²) in [6.45, 7) is 3.88. The maximum Gasteiger partial charge on any atom is 0.150 e. The molecule has 0 atom stereocenters. The van der Waals surface area contributed by atoms with Crippen LogP contribution in [0.1, 0.15) is 18.4 Å². The lowest BCUT2D eigenvalue weighted by atomic mass is 10.2. The molecule has 0 saturated heterocycles. The maximum atomic E-state index is 13.6. The van der Waals surface area contributed by atoms with Crippen molar-refractivity contribution < 1.29 is 8.78 Å². The normalized spacial score (nSPS) is 10.9. The SMILES string of the molecule is CCCNCCc1nnc(-c2cc(F)ccc2F)s1. The quantitative estimate of drug-likeness (QED) is 0.828. The first-order chi connectivity index (χ1) is 9.20. The van der Waals surface area contributed by atoms with E-state index in [-0.39, 0.29) is 5.56 Å². The topological polar surface area (TPSA) is 37.8 Å². The van der Waals surface area contributed by atoms with Gasteiger partial charge in [0.1, 0.15) is 16.6 Å². The average Bonchev–Trinajstić information content (AvgIpc) is 2.86. The minimum atomic E-state index is -0.479. The molecular formula is C13H15F2N3S. The highest BCUT2D eigenvalue weighted by Gasteiger charge is 2.12. The summed E-state index contributed by atoms with van der Waals surface area (Å²) in [4.78, 5) is 0. The zero-order chi connectivity index (χ0) is 13.7. The Balaban J connectivity index is 2.06. The van der Waals surface area contributed by atoms with Crippen LogP contribution in [0.5, 0.6) is 0 Å². The van der Waals surface area contributed by atoms with Gasteiger partial charge in [0, 0.05) is 13.0 Å². The summed E-state index contributed by atoms with van der Waals surface area (Å²) < 4.78 is 26.7. The van der Waals surface area contributed by atoms with Gasteiger partial charge >= 0.3 is 0 Å². The molecule has 1 heterocycles. The Morgan fingerprint density at radius 3 is 2.84 bits per heavy atom. The molecule has 1 aromatic heterocycles. The second-order valence-corrected chi connectivity index (χ2v) is 5.19. The van der Waals surface area contributed by atoms with E-state index in [1.807, 2.05) is 0 Å². The molecular weight excluding hydrogens is 268 g/mol. The van der Waals surface area contributed by atoms with Crippen molar-refractivity contribution in [1.82, 2.24) is 15.5 Å². The number of aromatic nitrogens is 2. The second-order valence-electron chi connectivity index (χ2n) is 4.13. The molecule has 2 rings (SSSR count). The Morgan fingerprint density at radius 1 is 1.21 bits per heavy atom. The van der Waals surface area contributed by atoms with E-state index in [1.165, 1.54) is 11.3 Å². The third-order valence-electron chi connectivity index (χ3n) is 2.57. The Bertz CT molecular complexity index is 542. The molecule has 0 spiro atoms. The summed E-state index contributed by atoms with van der Waals surface area (Å²) in [6.07, 6.45) is 1.82. The fourth-order valence-electron chi connectivity index (χ4n) is 1.62.